The van der Waals surface area contributed by atoms with E-state index >= 15 is 0 Å². The fourth-order valence-corrected chi connectivity index (χ4v) is 1.07. The lowest BCUT2D eigenvalue weighted by Crippen LogP contribution is -2.36. The summed E-state index contributed by atoms with van der Waals surface area (Å²) < 4.78 is 5.40. The molecular weight excluding hydrogens is 192 g/mol. The Morgan fingerprint density at radius 3 is 3.07 bits per heavy atom. The van der Waals surface area contributed by atoms with E-state index in [0.29, 0.717) is 12.3 Å². The van der Waals surface area contributed by atoms with Crippen molar-refractivity contribution in [2.45, 2.75) is 26.4 Å². The zero-order valence-corrected chi connectivity index (χ0v) is 9.06. The van der Waals surface area contributed by atoms with Crippen molar-refractivity contribution in [1.29, 1.82) is 0 Å². The number of nitrogens with one attached hydrogen (secondary N) is 1. The number of carbonyl (C=O) groups excluding carboxylic acids is 1. The maximum atomic E-state index is 11.4. The Morgan fingerprint density at radius 2 is 2.47 bits per heavy atom. The first-order chi connectivity index (χ1) is 7.24. The summed E-state index contributed by atoms with van der Waals surface area (Å²) >= 11 is 0. The third kappa shape index (κ3) is 3.97. The number of ether oxygens (including phenoxy) is 1. The van der Waals surface area contributed by atoms with Gasteiger partial charge in [0.15, 0.2) is 6.10 Å². The molecule has 0 spiro atoms. The summed E-state index contributed by atoms with van der Waals surface area (Å²) in [6.45, 7) is 4.41. The molecule has 1 heterocycles. The molecule has 1 rings (SSSR count). The molecule has 15 heavy (non-hydrogen) atoms. The van der Waals surface area contributed by atoms with Crippen molar-refractivity contribution in [2.75, 3.05) is 6.54 Å². The van der Waals surface area contributed by atoms with Crippen molar-refractivity contribution < 1.29 is 9.53 Å². The lowest BCUT2D eigenvalue weighted by molar-refractivity contribution is -0.127. The van der Waals surface area contributed by atoms with Crippen LogP contribution in [0.15, 0.2) is 24.5 Å². The Balaban J connectivity index is 2.41. The Kier molecular flexibility index (Phi) is 4.60. The van der Waals surface area contributed by atoms with E-state index in [4.69, 9.17) is 4.74 Å². The van der Waals surface area contributed by atoms with Gasteiger partial charge in [0.25, 0.3) is 5.91 Å². The fourth-order valence-electron chi connectivity index (χ4n) is 1.07. The van der Waals surface area contributed by atoms with Crippen molar-refractivity contribution >= 4 is 5.91 Å². The van der Waals surface area contributed by atoms with Gasteiger partial charge in [0.05, 0.1) is 6.20 Å². The molecule has 1 unspecified atom stereocenters. The average Bonchev–Trinajstić information content (AvgIpc) is 2.27. The summed E-state index contributed by atoms with van der Waals surface area (Å²) in [4.78, 5) is 15.4. The van der Waals surface area contributed by atoms with E-state index in [1.807, 2.05) is 6.92 Å². The fraction of sp³-hybridized carbons (Fsp3) is 0.455. The zero-order valence-electron chi connectivity index (χ0n) is 9.06. The van der Waals surface area contributed by atoms with Crippen LogP contribution in [0, 0.1) is 0 Å². The van der Waals surface area contributed by atoms with Crippen LogP contribution in [0.3, 0.4) is 0 Å². The van der Waals surface area contributed by atoms with Crippen molar-refractivity contribution in [3.63, 3.8) is 0 Å². The normalized spacial score (nSPS) is 11.9. The van der Waals surface area contributed by atoms with Gasteiger partial charge in [-0.1, -0.05) is 6.92 Å². The van der Waals surface area contributed by atoms with Gasteiger partial charge in [-0.05, 0) is 25.5 Å². The van der Waals surface area contributed by atoms with Gasteiger partial charge >= 0.3 is 0 Å². The van der Waals surface area contributed by atoms with Crippen molar-refractivity contribution in [3.8, 4) is 5.75 Å². The molecule has 0 aliphatic carbocycles. The van der Waals surface area contributed by atoms with E-state index in [-0.39, 0.29) is 5.91 Å². The Bertz CT molecular complexity index is 301. The lowest BCUT2D eigenvalue weighted by Gasteiger charge is -2.13. The summed E-state index contributed by atoms with van der Waals surface area (Å²) in [6.07, 6.45) is 3.68. The molecule has 0 aromatic carbocycles. The van der Waals surface area contributed by atoms with Crippen LogP contribution in [0.4, 0.5) is 0 Å². The van der Waals surface area contributed by atoms with Gasteiger partial charge in [-0.2, -0.15) is 0 Å². The van der Waals surface area contributed by atoms with Gasteiger partial charge in [-0.25, -0.2) is 0 Å². The second kappa shape index (κ2) is 6.01. The SMILES string of the molecule is CCCNC(=O)C(C)Oc1cccnc1. The molecule has 0 aliphatic rings. The molecule has 1 amide bonds. The van der Waals surface area contributed by atoms with E-state index in [2.05, 4.69) is 10.3 Å². The van der Waals surface area contributed by atoms with Crippen molar-refractivity contribution in [3.05, 3.63) is 24.5 Å². The first-order valence-electron chi connectivity index (χ1n) is 5.08. The Labute approximate surface area is 89.7 Å². The smallest absolute Gasteiger partial charge is 0.260 e. The Hall–Kier alpha value is -1.58. The predicted octanol–water partition coefficient (Wildman–Crippen LogP) is 1.38. The summed E-state index contributed by atoms with van der Waals surface area (Å²) in [7, 11) is 0. The lowest BCUT2D eigenvalue weighted by atomic mass is 10.3. The highest BCUT2D eigenvalue weighted by molar-refractivity contribution is 5.80. The number of carbonyl (C=O) groups is 1. The van der Waals surface area contributed by atoms with E-state index in [0.717, 1.165) is 6.42 Å². The van der Waals surface area contributed by atoms with Crippen LogP contribution >= 0.6 is 0 Å². The molecule has 1 aromatic heterocycles. The van der Waals surface area contributed by atoms with Crippen LogP contribution in [0.1, 0.15) is 20.3 Å². The summed E-state index contributed by atoms with van der Waals surface area (Å²) in [5.74, 6) is 0.511. The van der Waals surface area contributed by atoms with Crippen molar-refractivity contribution in [1.82, 2.24) is 10.3 Å². The minimum atomic E-state index is -0.485. The molecule has 1 aromatic rings. The molecule has 1 atom stereocenters. The highest BCUT2D eigenvalue weighted by atomic mass is 16.5. The molecule has 0 bridgehead atoms. The van der Waals surface area contributed by atoms with Gasteiger partial charge in [0.2, 0.25) is 0 Å². The van der Waals surface area contributed by atoms with E-state index in [1.54, 1.807) is 31.5 Å². The molecule has 82 valence electrons. The maximum Gasteiger partial charge on any atom is 0.260 e. The van der Waals surface area contributed by atoms with Gasteiger partial charge in [0, 0.05) is 12.7 Å². The average molecular weight is 208 g/mol. The molecule has 0 saturated heterocycles. The number of aromatic nitrogens is 1. The van der Waals surface area contributed by atoms with E-state index in [1.165, 1.54) is 0 Å². The van der Waals surface area contributed by atoms with Gasteiger partial charge in [-0.3, -0.25) is 9.78 Å². The van der Waals surface area contributed by atoms with Crippen LogP contribution in [-0.2, 0) is 4.79 Å². The zero-order chi connectivity index (χ0) is 11.1. The third-order valence-corrected chi connectivity index (χ3v) is 1.87. The number of hydrogen-bond donors (Lipinski definition) is 1. The molecule has 0 saturated carbocycles. The van der Waals surface area contributed by atoms with Crippen LogP contribution < -0.4 is 10.1 Å². The van der Waals surface area contributed by atoms with Crippen LogP contribution in [0.5, 0.6) is 5.75 Å². The van der Waals surface area contributed by atoms with Crippen molar-refractivity contribution in [2.24, 2.45) is 0 Å². The number of hydrogen-bond acceptors (Lipinski definition) is 3. The molecule has 0 aliphatic heterocycles. The molecule has 0 fully saturated rings. The largest absolute Gasteiger partial charge is 0.479 e. The number of nitrogens with zero attached hydrogens (tertiary/aromatic N) is 1. The van der Waals surface area contributed by atoms with Crippen LogP contribution in [0.25, 0.3) is 0 Å². The summed E-state index contributed by atoms with van der Waals surface area (Å²) in [5, 5.41) is 2.77. The maximum absolute atomic E-state index is 11.4. The standard InChI is InChI=1S/C11H16N2O2/c1-3-6-13-11(14)9(2)15-10-5-4-7-12-8-10/h4-5,7-9H,3,6H2,1-2H3,(H,13,14). The molecule has 1 N–H and O–H groups in total. The second-order valence-corrected chi connectivity index (χ2v) is 3.24. The number of amides is 1. The highest BCUT2D eigenvalue weighted by Gasteiger charge is 2.13. The Morgan fingerprint density at radius 1 is 1.67 bits per heavy atom. The number of rotatable bonds is 5. The van der Waals surface area contributed by atoms with E-state index in [9.17, 15) is 4.79 Å². The van der Waals surface area contributed by atoms with Crippen LogP contribution in [0.2, 0.25) is 0 Å². The first kappa shape index (κ1) is 11.5. The summed E-state index contributed by atoms with van der Waals surface area (Å²) in [6, 6.07) is 3.54. The summed E-state index contributed by atoms with van der Waals surface area (Å²) in [5.41, 5.74) is 0. The van der Waals surface area contributed by atoms with Gasteiger partial charge < -0.3 is 10.1 Å². The first-order valence-corrected chi connectivity index (χ1v) is 5.08. The molecule has 4 nitrogen and oxygen atoms in total. The minimum absolute atomic E-state index is 0.0966. The van der Waals surface area contributed by atoms with Gasteiger partial charge in [0.1, 0.15) is 5.75 Å². The molecular formula is C11H16N2O2. The topological polar surface area (TPSA) is 51.2 Å². The second-order valence-electron chi connectivity index (χ2n) is 3.24. The highest BCUT2D eigenvalue weighted by Crippen LogP contribution is 2.08. The quantitative estimate of drug-likeness (QED) is 0.795. The van der Waals surface area contributed by atoms with Crippen LogP contribution in [-0.4, -0.2) is 23.5 Å². The molecule has 4 heteroatoms. The molecule has 0 radical (unpaired) electrons. The number of pyridine rings is 1. The van der Waals surface area contributed by atoms with Gasteiger partial charge in [-0.15, -0.1) is 0 Å². The van der Waals surface area contributed by atoms with E-state index < -0.39 is 6.10 Å². The minimum Gasteiger partial charge on any atom is -0.479 e. The third-order valence-electron chi connectivity index (χ3n) is 1.87. The predicted molar refractivity (Wildman–Crippen MR) is 57.6 cm³/mol. The monoisotopic (exact) mass is 208 g/mol.